The van der Waals surface area contributed by atoms with Gasteiger partial charge in [-0.05, 0) is 30.5 Å². The van der Waals surface area contributed by atoms with Crippen LogP contribution < -0.4 is 0 Å². The van der Waals surface area contributed by atoms with Crippen molar-refractivity contribution in [1.29, 1.82) is 0 Å². The summed E-state index contributed by atoms with van der Waals surface area (Å²) in [5.74, 6) is 0.151. The van der Waals surface area contributed by atoms with Gasteiger partial charge in [0.25, 0.3) is 0 Å². The summed E-state index contributed by atoms with van der Waals surface area (Å²) >= 11 is 0. The van der Waals surface area contributed by atoms with Crippen LogP contribution >= 0.6 is 0 Å². The van der Waals surface area contributed by atoms with Gasteiger partial charge in [0.05, 0.1) is 6.61 Å². The Morgan fingerprint density at radius 1 is 1.38 bits per heavy atom. The first-order chi connectivity index (χ1) is 6.15. The Morgan fingerprint density at radius 3 is 2.54 bits per heavy atom. The summed E-state index contributed by atoms with van der Waals surface area (Å²) in [6.07, 6.45) is 0.458. The van der Waals surface area contributed by atoms with Gasteiger partial charge in [-0.15, -0.1) is 0 Å². The van der Waals surface area contributed by atoms with Crippen molar-refractivity contribution in [1.82, 2.24) is 0 Å². The molecular weight excluding hydrogens is 164 g/mol. The predicted octanol–water partition coefficient (Wildman–Crippen LogP) is 1.62. The average Bonchev–Trinajstić information content (AvgIpc) is 2.08. The molecule has 0 aliphatic carbocycles. The molecule has 0 fully saturated rings. The lowest BCUT2D eigenvalue weighted by Crippen LogP contribution is -2.01. The predicted molar refractivity (Wildman–Crippen MR) is 51.5 cm³/mol. The third kappa shape index (κ3) is 2.39. The second-order valence-corrected chi connectivity index (χ2v) is 3.24. The van der Waals surface area contributed by atoms with Crippen LogP contribution in [-0.2, 0) is 17.8 Å². The molecule has 1 rings (SSSR count). The number of carbonyl (C=O) groups excluding carboxylic acids is 1. The summed E-state index contributed by atoms with van der Waals surface area (Å²) in [7, 11) is 0. The standard InChI is InChI=1S/C11H14O2/c1-8(13)6-10-4-3-5-11(7-12)9(10)2/h3-5,12H,6-7H2,1-2H3. The van der Waals surface area contributed by atoms with Crippen molar-refractivity contribution in [3.8, 4) is 0 Å². The fraction of sp³-hybridized carbons (Fsp3) is 0.364. The van der Waals surface area contributed by atoms with E-state index in [0.29, 0.717) is 6.42 Å². The number of hydrogen-bond acceptors (Lipinski definition) is 2. The van der Waals surface area contributed by atoms with Gasteiger partial charge in [-0.3, -0.25) is 4.79 Å². The van der Waals surface area contributed by atoms with E-state index in [1.807, 2.05) is 25.1 Å². The van der Waals surface area contributed by atoms with E-state index >= 15 is 0 Å². The number of rotatable bonds is 3. The summed E-state index contributed by atoms with van der Waals surface area (Å²) in [5, 5.41) is 8.99. The van der Waals surface area contributed by atoms with Gasteiger partial charge < -0.3 is 5.11 Å². The van der Waals surface area contributed by atoms with Gasteiger partial charge in [0.1, 0.15) is 5.78 Å². The molecule has 0 heterocycles. The highest BCUT2D eigenvalue weighted by Crippen LogP contribution is 2.14. The molecule has 13 heavy (non-hydrogen) atoms. The molecule has 0 amide bonds. The maximum absolute atomic E-state index is 10.9. The van der Waals surface area contributed by atoms with Crippen LogP contribution in [0.2, 0.25) is 0 Å². The highest BCUT2D eigenvalue weighted by molar-refractivity contribution is 5.78. The Kier molecular flexibility index (Phi) is 3.20. The Bertz CT molecular complexity index is 316. The van der Waals surface area contributed by atoms with Gasteiger partial charge in [-0.2, -0.15) is 0 Å². The third-order valence-corrected chi connectivity index (χ3v) is 2.17. The molecule has 0 radical (unpaired) electrons. The molecule has 1 aromatic rings. The number of aliphatic hydroxyl groups excluding tert-OH is 1. The van der Waals surface area contributed by atoms with Crippen LogP contribution in [0.25, 0.3) is 0 Å². The fourth-order valence-electron chi connectivity index (χ4n) is 1.37. The zero-order valence-electron chi connectivity index (χ0n) is 8.00. The van der Waals surface area contributed by atoms with Crippen LogP contribution in [0.15, 0.2) is 18.2 Å². The molecule has 70 valence electrons. The molecule has 0 bridgehead atoms. The monoisotopic (exact) mass is 178 g/mol. The smallest absolute Gasteiger partial charge is 0.134 e. The quantitative estimate of drug-likeness (QED) is 0.763. The normalized spacial score (nSPS) is 10.1. The van der Waals surface area contributed by atoms with E-state index in [4.69, 9.17) is 5.11 Å². The van der Waals surface area contributed by atoms with Crippen LogP contribution in [0, 0.1) is 6.92 Å². The molecule has 0 aliphatic heterocycles. The molecule has 0 saturated carbocycles. The minimum atomic E-state index is 0.0393. The molecule has 0 spiro atoms. The van der Waals surface area contributed by atoms with Crippen molar-refractivity contribution in [3.63, 3.8) is 0 Å². The lowest BCUT2D eigenvalue weighted by Gasteiger charge is -2.07. The van der Waals surface area contributed by atoms with E-state index in [0.717, 1.165) is 16.7 Å². The number of aliphatic hydroxyl groups is 1. The second-order valence-electron chi connectivity index (χ2n) is 3.24. The topological polar surface area (TPSA) is 37.3 Å². The van der Waals surface area contributed by atoms with Gasteiger partial charge in [-0.25, -0.2) is 0 Å². The highest BCUT2D eigenvalue weighted by atomic mass is 16.3. The van der Waals surface area contributed by atoms with Crippen molar-refractivity contribution >= 4 is 5.78 Å². The summed E-state index contributed by atoms with van der Waals surface area (Å²) in [5.41, 5.74) is 2.94. The van der Waals surface area contributed by atoms with Crippen molar-refractivity contribution in [2.45, 2.75) is 26.9 Å². The van der Waals surface area contributed by atoms with Gasteiger partial charge in [0.15, 0.2) is 0 Å². The highest BCUT2D eigenvalue weighted by Gasteiger charge is 2.04. The van der Waals surface area contributed by atoms with E-state index in [1.54, 1.807) is 6.92 Å². The number of Topliss-reactive ketones (excluding diaryl/α,β-unsaturated/α-hetero) is 1. The first-order valence-electron chi connectivity index (χ1n) is 4.33. The van der Waals surface area contributed by atoms with Crippen LogP contribution in [0.5, 0.6) is 0 Å². The average molecular weight is 178 g/mol. The van der Waals surface area contributed by atoms with Gasteiger partial charge in [0.2, 0.25) is 0 Å². The van der Waals surface area contributed by atoms with Gasteiger partial charge in [0, 0.05) is 6.42 Å². The Labute approximate surface area is 78.2 Å². The van der Waals surface area contributed by atoms with E-state index < -0.39 is 0 Å². The lowest BCUT2D eigenvalue weighted by atomic mass is 9.99. The Morgan fingerprint density at radius 2 is 2.00 bits per heavy atom. The number of ketones is 1. The first-order valence-corrected chi connectivity index (χ1v) is 4.33. The number of hydrogen-bond donors (Lipinski definition) is 1. The summed E-state index contributed by atoms with van der Waals surface area (Å²) in [6, 6.07) is 5.67. The van der Waals surface area contributed by atoms with Crippen molar-refractivity contribution < 1.29 is 9.90 Å². The lowest BCUT2D eigenvalue weighted by molar-refractivity contribution is -0.116. The third-order valence-electron chi connectivity index (χ3n) is 2.17. The molecule has 1 aromatic carbocycles. The molecule has 2 nitrogen and oxygen atoms in total. The van der Waals surface area contributed by atoms with Crippen molar-refractivity contribution in [2.75, 3.05) is 0 Å². The Hall–Kier alpha value is -1.15. The molecule has 1 N–H and O–H groups in total. The summed E-state index contributed by atoms with van der Waals surface area (Å²) < 4.78 is 0. The van der Waals surface area contributed by atoms with Crippen molar-refractivity contribution in [2.24, 2.45) is 0 Å². The minimum absolute atomic E-state index is 0.0393. The zero-order chi connectivity index (χ0) is 9.84. The van der Waals surface area contributed by atoms with E-state index in [9.17, 15) is 4.79 Å². The number of benzene rings is 1. The molecule has 0 atom stereocenters. The van der Waals surface area contributed by atoms with E-state index in [2.05, 4.69) is 0 Å². The molecule has 0 saturated heterocycles. The van der Waals surface area contributed by atoms with Crippen LogP contribution in [0.1, 0.15) is 23.6 Å². The molecular formula is C11H14O2. The van der Waals surface area contributed by atoms with Crippen molar-refractivity contribution in [3.05, 3.63) is 34.9 Å². The second kappa shape index (κ2) is 4.19. The Balaban J connectivity index is 3.01. The largest absolute Gasteiger partial charge is 0.392 e. The van der Waals surface area contributed by atoms with Crippen LogP contribution in [-0.4, -0.2) is 10.9 Å². The molecule has 0 unspecified atom stereocenters. The first kappa shape index (κ1) is 9.93. The summed E-state index contributed by atoms with van der Waals surface area (Å²) in [4.78, 5) is 10.9. The minimum Gasteiger partial charge on any atom is -0.392 e. The van der Waals surface area contributed by atoms with Gasteiger partial charge in [-0.1, -0.05) is 18.2 Å². The number of carbonyl (C=O) groups is 1. The molecule has 0 aromatic heterocycles. The van der Waals surface area contributed by atoms with E-state index in [-0.39, 0.29) is 12.4 Å². The maximum atomic E-state index is 10.9. The van der Waals surface area contributed by atoms with E-state index in [1.165, 1.54) is 0 Å². The van der Waals surface area contributed by atoms with Crippen LogP contribution in [0.4, 0.5) is 0 Å². The maximum Gasteiger partial charge on any atom is 0.134 e. The summed E-state index contributed by atoms with van der Waals surface area (Å²) in [6.45, 7) is 3.55. The molecule has 2 heteroatoms. The zero-order valence-corrected chi connectivity index (χ0v) is 8.00. The van der Waals surface area contributed by atoms with Crippen LogP contribution in [0.3, 0.4) is 0 Å². The molecule has 0 aliphatic rings. The SMILES string of the molecule is CC(=O)Cc1cccc(CO)c1C. The fourth-order valence-corrected chi connectivity index (χ4v) is 1.37. The van der Waals surface area contributed by atoms with Gasteiger partial charge >= 0.3 is 0 Å².